The Morgan fingerprint density at radius 3 is 2.44 bits per heavy atom. The summed E-state index contributed by atoms with van der Waals surface area (Å²) >= 11 is 0. The first-order chi connectivity index (χ1) is 22.7. The number of aromatic nitrogens is 1. The number of nitrogens with one attached hydrogen (secondary N) is 1. The number of carbonyl (C=O) groups is 7. The molecule has 2 aromatic carbocycles. The van der Waals surface area contributed by atoms with Crippen molar-refractivity contribution in [3.8, 4) is 16.9 Å². The Kier molecular flexibility index (Phi) is 7.84. The van der Waals surface area contributed by atoms with Crippen LogP contribution in [0.3, 0.4) is 0 Å². The Labute approximate surface area is 272 Å². The number of phenols is 1. The van der Waals surface area contributed by atoms with E-state index >= 15 is 0 Å². The molecule has 3 aromatic rings. The topological polar surface area (TPSA) is 236 Å². The van der Waals surface area contributed by atoms with Crippen molar-refractivity contribution >= 4 is 46.6 Å². The molecule has 248 valence electrons. The van der Waals surface area contributed by atoms with Gasteiger partial charge in [0.15, 0.2) is 34.7 Å². The molecule has 6 rings (SSSR count). The van der Waals surface area contributed by atoms with Crippen molar-refractivity contribution in [2.75, 3.05) is 26.5 Å². The molecule has 6 atom stereocenters. The van der Waals surface area contributed by atoms with Gasteiger partial charge in [-0.3, -0.25) is 33.7 Å². The number of hydrogen-bond acceptors (Lipinski definition) is 13. The number of nitrogens with zero attached hydrogens (tertiary/aromatic N) is 2. The number of amides is 2. The molecule has 0 radical (unpaired) electrons. The molecule has 3 aliphatic rings. The van der Waals surface area contributed by atoms with Gasteiger partial charge < -0.3 is 30.5 Å². The van der Waals surface area contributed by atoms with E-state index in [1.165, 1.54) is 68.7 Å². The number of ether oxygens (including phenoxy) is 1. The molecule has 0 bridgehead atoms. The average molecular weight is 659 g/mol. The van der Waals surface area contributed by atoms with Crippen LogP contribution < -0.4 is 11.1 Å². The zero-order valence-corrected chi connectivity index (χ0v) is 25.9. The molecular weight excluding hydrogens is 628 g/mol. The standard InChI is InChI=1S/C33H30N4O11/c1-37(2)25-19-12-14-11-18-17(13-8-15(32(45)47-3)10-16(9-13)36-31(44)21-6-7-35-48-21)4-5-20(38)23(18)26(39)22(14)28(41)33(19,46)29(42)24(27(25)40)30(34)43/h4-10,14,19,22,24-25,38,46H,11-12H2,1-3H3,(H2,34,43)(H,36,44)/t14-,19-,22?,24?,25-,33-/m1/s1. The molecule has 5 N–H and O–H groups in total. The largest absolute Gasteiger partial charge is 0.507 e. The summed E-state index contributed by atoms with van der Waals surface area (Å²) in [6.07, 6.45) is 1.13. The molecule has 0 aliphatic heterocycles. The second kappa shape index (κ2) is 11.6. The highest BCUT2D eigenvalue weighted by molar-refractivity contribution is 6.32. The Morgan fingerprint density at radius 2 is 1.81 bits per heavy atom. The maximum absolute atomic E-state index is 14.1. The van der Waals surface area contributed by atoms with Crippen molar-refractivity contribution in [1.82, 2.24) is 10.1 Å². The van der Waals surface area contributed by atoms with Gasteiger partial charge in [0.2, 0.25) is 11.7 Å². The zero-order valence-electron chi connectivity index (χ0n) is 25.9. The molecule has 15 heteroatoms. The van der Waals surface area contributed by atoms with Crippen LogP contribution in [0, 0.1) is 23.7 Å². The summed E-state index contributed by atoms with van der Waals surface area (Å²) in [6.45, 7) is 0. The highest BCUT2D eigenvalue weighted by atomic mass is 16.5. The summed E-state index contributed by atoms with van der Waals surface area (Å²) in [6, 6.07) is 7.19. The number of primary amides is 1. The van der Waals surface area contributed by atoms with Gasteiger partial charge in [-0.15, -0.1) is 0 Å². The van der Waals surface area contributed by atoms with Gasteiger partial charge >= 0.3 is 5.97 Å². The van der Waals surface area contributed by atoms with E-state index in [0.29, 0.717) is 16.7 Å². The monoisotopic (exact) mass is 658 g/mol. The summed E-state index contributed by atoms with van der Waals surface area (Å²) in [5, 5.41) is 28.8. The number of aromatic hydroxyl groups is 1. The molecule has 2 unspecified atom stereocenters. The van der Waals surface area contributed by atoms with Crippen molar-refractivity contribution in [2.45, 2.75) is 24.5 Å². The van der Waals surface area contributed by atoms with Gasteiger partial charge in [-0.1, -0.05) is 11.2 Å². The lowest BCUT2D eigenvalue weighted by atomic mass is 9.52. The van der Waals surface area contributed by atoms with Gasteiger partial charge in [0.05, 0.1) is 36.4 Å². The number of ketones is 4. The number of nitrogens with two attached hydrogens (primary N) is 1. The number of Topliss-reactive ketones (excluding diaryl/α,β-unsaturated/α-hetero) is 4. The number of carbonyl (C=O) groups excluding carboxylic acids is 7. The van der Waals surface area contributed by atoms with Crippen molar-refractivity contribution in [1.29, 1.82) is 0 Å². The minimum absolute atomic E-state index is 0.0161. The van der Waals surface area contributed by atoms with Gasteiger partial charge in [0.25, 0.3) is 5.91 Å². The second-order valence-corrected chi connectivity index (χ2v) is 12.4. The normalized spacial score (nSPS) is 26.4. The van der Waals surface area contributed by atoms with Crippen LogP contribution in [0.15, 0.2) is 47.1 Å². The Morgan fingerprint density at radius 1 is 1.08 bits per heavy atom. The first-order valence-corrected chi connectivity index (χ1v) is 14.9. The molecule has 1 aromatic heterocycles. The van der Waals surface area contributed by atoms with E-state index in [0.717, 1.165) is 0 Å². The number of esters is 1. The van der Waals surface area contributed by atoms with E-state index in [2.05, 4.69) is 10.5 Å². The number of aliphatic hydroxyl groups is 1. The van der Waals surface area contributed by atoms with E-state index in [4.69, 9.17) is 15.0 Å². The van der Waals surface area contributed by atoms with Crippen LogP contribution >= 0.6 is 0 Å². The number of methoxy groups -OCH3 is 1. The van der Waals surface area contributed by atoms with Gasteiger partial charge in [-0.25, -0.2) is 4.79 Å². The Balaban J connectivity index is 1.46. The third kappa shape index (κ3) is 4.81. The van der Waals surface area contributed by atoms with Gasteiger partial charge in [0, 0.05) is 17.7 Å². The lowest BCUT2D eigenvalue weighted by Crippen LogP contribution is -2.74. The molecule has 1 heterocycles. The van der Waals surface area contributed by atoms with Gasteiger partial charge in [-0.05, 0) is 73.8 Å². The fourth-order valence-corrected chi connectivity index (χ4v) is 7.49. The molecule has 2 fully saturated rings. The summed E-state index contributed by atoms with van der Waals surface area (Å²) in [5.74, 6) is -13.3. The Bertz CT molecular complexity index is 1930. The first kappa shape index (κ1) is 32.4. The van der Waals surface area contributed by atoms with Crippen LogP contribution in [0.1, 0.15) is 43.3 Å². The number of fused-ring (bicyclic) bond motifs is 3. The van der Waals surface area contributed by atoms with Gasteiger partial charge in [0.1, 0.15) is 5.75 Å². The molecule has 2 amide bonds. The molecule has 0 spiro atoms. The number of likely N-dealkylation sites (N-methyl/N-ethyl adjacent to an activating group) is 1. The zero-order chi connectivity index (χ0) is 34.8. The molecule has 0 saturated heterocycles. The lowest BCUT2D eigenvalue weighted by molar-refractivity contribution is -0.181. The molecule has 48 heavy (non-hydrogen) atoms. The highest BCUT2D eigenvalue weighted by Crippen LogP contribution is 2.52. The van der Waals surface area contributed by atoms with E-state index in [1.807, 2.05) is 0 Å². The predicted octanol–water partition coefficient (Wildman–Crippen LogP) is 0.561. The van der Waals surface area contributed by atoms with Gasteiger partial charge in [-0.2, -0.15) is 0 Å². The van der Waals surface area contributed by atoms with Crippen LogP contribution in [-0.4, -0.2) is 94.0 Å². The number of benzene rings is 2. The predicted molar refractivity (Wildman–Crippen MR) is 163 cm³/mol. The van der Waals surface area contributed by atoms with Crippen molar-refractivity contribution < 1.29 is 53.0 Å². The minimum atomic E-state index is -2.85. The summed E-state index contributed by atoms with van der Waals surface area (Å²) in [7, 11) is 4.17. The van der Waals surface area contributed by atoms with E-state index in [9.17, 15) is 43.8 Å². The molecular formula is C33H30N4O11. The number of anilines is 1. The molecule has 15 nitrogen and oxygen atoms in total. The smallest absolute Gasteiger partial charge is 0.337 e. The quantitative estimate of drug-likeness (QED) is 0.210. The van der Waals surface area contributed by atoms with E-state index in [-0.39, 0.29) is 35.4 Å². The maximum Gasteiger partial charge on any atom is 0.337 e. The second-order valence-electron chi connectivity index (χ2n) is 12.4. The van der Waals surface area contributed by atoms with E-state index in [1.54, 1.807) is 0 Å². The van der Waals surface area contributed by atoms with Crippen molar-refractivity contribution in [3.63, 3.8) is 0 Å². The minimum Gasteiger partial charge on any atom is -0.507 e. The van der Waals surface area contributed by atoms with Crippen LogP contribution in [0.25, 0.3) is 11.1 Å². The van der Waals surface area contributed by atoms with Crippen molar-refractivity contribution in [2.24, 2.45) is 29.4 Å². The number of hydrogen-bond donors (Lipinski definition) is 4. The first-order valence-electron chi connectivity index (χ1n) is 14.9. The third-order valence-corrected chi connectivity index (χ3v) is 9.53. The molecule has 2 saturated carbocycles. The van der Waals surface area contributed by atoms with Crippen LogP contribution in [-0.2, 0) is 30.3 Å². The fourth-order valence-electron chi connectivity index (χ4n) is 7.49. The summed E-state index contributed by atoms with van der Waals surface area (Å²) in [5.41, 5.74) is 3.51. The molecule has 3 aliphatic carbocycles. The van der Waals surface area contributed by atoms with E-state index < -0.39 is 82.0 Å². The maximum atomic E-state index is 14.1. The van der Waals surface area contributed by atoms with Crippen LogP contribution in [0.2, 0.25) is 0 Å². The number of phenolic OH excluding ortho intramolecular Hbond substituents is 1. The lowest BCUT2D eigenvalue weighted by Gasteiger charge is -2.52. The SMILES string of the molecule is COC(=O)c1cc(NC(=O)c2ccno2)cc(-c2ccc(O)c3c2C[C@@H]2C[C@@H]4[C@@H](N(C)C)C(=O)C(C(N)=O)C(=O)[C@]4(O)C(=O)C2C3=O)c1. The van der Waals surface area contributed by atoms with Crippen LogP contribution in [0.4, 0.5) is 5.69 Å². The average Bonchev–Trinajstić information content (AvgIpc) is 3.57. The summed E-state index contributed by atoms with van der Waals surface area (Å²) < 4.78 is 9.80. The highest BCUT2D eigenvalue weighted by Gasteiger charge is 2.69. The fraction of sp³-hybridized carbons (Fsp3) is 0.333. The summed E-state index contributed by atoms with van der Waals surface area (Å²) in [4.78, 5) is 94.1. The van der Waals surface area contributed by atoms with Crippen LogP contribution in [0.5, 0.6) is 5.75 Å². The third-order valence-electron chi connectivity index (χ3n) is 9.53. The Hall–Kier alpha value is -5.54. The number of rotatable bonds is 6. The van der Waals surface area contributed by atoms with Crippen molar-refractivity contribution in [3.05, 3.63) is 65.0 Å².